The summed E-state index contributed by atoms with van der Waals surface area (Å²) in [7, 11) is 0. The van der Waals surface area contributed by atoms with Crippen molar-refractivity contribution in [2.24, 2.45) is 0 Å². The highest BCUT2D eigenvalue weighted by molar-refractivity contribution is 8.00. The molecule has 96 valence electrons. The molecule has 2 aliphatic rings. The van der Waals surface area contributed by atoms with E-state index in [9.17, 15) is 22.8 Å². The molecule has 0 N–H and O–H groups in total. The lowest BCUT2D eigenvalue weighted by molar-refractivity contribution is -0.205. The lowest BCUT2D eigenvalue weighted by Gasteiger charge is -2.53. The van der Waals surface area contributed by atoms with E-state index >= 15 is 0 Å². The van der Waals surface area contributed by atoms with Gasteiger partial charge in [0, 0.05) is 6.92 Å². The van der Waals surface area contributed by atoms with Gasteiger partial charge in [0.1, 0.15) is 5.37 Å². The normalized spacial score (nSPS) is 45.0. The van der Waals surface area contributed by atoms with Gasteiger partial charge in [-0.3, -0.25) is 14.5 Å². The van der Waals surface area contributed by atoms with Crippen molar-refractivity contribution >= 4 is 23.6 Å². The highest BCUT2D eigenvalue weighted by Crippen LogP contribution is 2.49. The first-order chi connectivity index (χ1) is 7.79. The minimum absolute atomic E-state index is 0.447. The second kappa shape index (κ2) is 3.79. The molecule has 1 amide bonds. The Morgan fingerprint density at radius 1 is 1.47 bits per heavy atom. The molecule has 0 radical (unpaired) electrons. The minimum atomic E-state index is -2.17. The van der Waals surface area contributed by atoms with Crippen molar-refractivity contribution < 1.29 is 27.5 Å². The van der Waals surface area contributed by atoms with Crippen LogP contribution in [-0.4, -0.2) is 45.7 Å². The van der Waals surface area contributed by atoms with E-state index < -0.39 is 40.8 Å². The number of fused-ring (bicyclic) bond motifs is 1. The molecule has 0 aromatic carbocycles. The number of nitrogens with zero attached hydrogens (tertiary/aromatic N) is 1. The molecule has 0 spiro atoms. The smallest absolute Gasteiger partial charge is 0.303 e. The fourth-order valence-electron chi connectivity index (χ4n) is 1.87. The van der Waals surface area contributed by atoms with Crippen molar-refractivity contribution in [1.29, 1.82) is 0 Å². The zero-order chi connectivity index (χ0) is 13.0. The molecular formula is C9H10F3NO3S. The number of alkyl halides is 3. The Morgan fingerprint density at radius 2 is 2.06 bits per heavy atom. The zero-order valence-corrected chi connectivity index (χ0v) is 9.84. The Hall–Kier alpha value is -0.920. The summed E-state index contributed by atoms with van der Waals surface area (Å²) < 4.78 is 45.4. The number of esters is 1. The number of β-lactam (4-membered cyclic amide) rings is 1. The topological polar surface area (TPSA) is 46.6 Å². The Bertz CT molecular complexity index is 382. The largest absolute Gasteiger partial charge is 0.450 e. The summed E-state index contributed by atoms with van der Waals surface area (Å²) >= 11 is 0.447. The van der Waals surface area contributed by atoms with Crippen LogP contribution in [0.5, 0.6) is 0 Å². The Morgan fingerprint density at radius 3 is 2.59 bits per heavy atom. The van der Waals surface area contributed by atoms with Crippen LogP contribution in [-0.2, 0) is 14.3 Å². The van der Waals surface area contributed by atoms with E-state index in [4.69, 9.17) is 0 Å². The van der Waals surface area contributed by atoms with Gasteiger partial charge in [-0.15, -0.1) is 0 Å². The van der Waals surface area contributed by atoms with Gasteiger partial charge >= 0.3 is 5.97 Å². The number of rotatable bonds is 1. The predicted octanol–water partition coefficient (Wildman–Crippen LogP) is 1.15. The van der Waals surface area contributed by atoms with Gasteiger partial charge in [-0.05, 0) is 6.92 Å². The van der Waals surface area contributed by atoms with E-state index in [-0.39, 0.29) is 0 Å². The lowest BCUT2D eigenvalue weighted by atomic mass is 10.0. The van der Waals surface area contributed by atoms with E-state index in [1.807, 2.05) is 0 Å². The Kier molecular flexibility index (Phi) is 2.80. The number of ether oxygens (including phenoxy) is 1. The maximum atomic E-state index is 14.0. The number of carbonyl (C=O) groups is 2. The van der Waals surface area contributed by atoms with Crippen LogP contribution in [0, 0.1) is 0 Å². The molecule has 4 unspecified atom stereocenters. The SMILES string of the molecule is CC(=O)OC1(C)C(F)S[C@@H]2C(F)C(=O)N2C1F. The molecule has 2 saturated heterocycles. The summed E-state index contributed by atoms with van der Waals surface area (Å²) in [6.45, 7) is 2.06. The van der Waals surface area contributed by atoms with Crippen molar-refractivity contribution in [1.82, 2.24) is 4.90 Å². The molecule has 0 aliphatic carbocycles. The molecule has 0 saturated carbocycles. The zero-order valence-electron chi connectivity index (χ0n) is 9.02. The highest BCUT2D eigenvalue weighted by atomic mass is 32.2. The van der Waals surface area contributed by atoms with Gasteiger partial charge in [0.05, 0.1) is 0 Å². The van der Waals surface area contributed by atoms with Crippen LogP contribution in [0.1, 0.15) is 13.8 Å². The van der Waals surface area contributed by atoms with Crippen molar-refractivity contribution in [3.8, 4) is 0 Å². The van der Waals surface area contributed by atoms with Gasteiger partial charge in [0.15, 0.2) is 11.1 Å². The molecule has 2 aliphatic heterocycles. The second-order valence-electron chi connectivity index (χ2n) is 4.10. The van der Waals surface area contributed by atoms with Crippen LogP contribution in [0.15, 0.2) is 0 Å². The fraction of sp³-hybridized carbons (Fsp3) is 0.778. The predicted molar refractivity (Wildman–Crippen MR) is 53.1 cm³/mol. The maximum Gasteiger partial charge on any atom is 0.303 e. The third-order valence-electron chi connectivity index (χ3n) is 2.81. The molecule has 17 heavy (non-hydrogen) atoms. The van der Waals surface area contributed by atoms with Gasteiger partial charge in [-0.2, -0.15) is 0 Å². The summed E-state index contributed by atoms with van der Waals surface area (Å²) in [5, 5.41) is -1.17. The van der Waals surface area contributed by atoms with E-state index in [1.54, 1.807) is 0 Å². The lowest BCUT2D eigenvalue weighted by Crippen LogP contribution is -2.73. The van der Waals surface area contributed by atoms with Gasteiger partial charge < -0.3 is 4.74 Å². The van der Waals surface area contributed by atoms with Crippen LogP contribution in [0.25, 0.3) is 0 Å². The molecule has 8 heteroatoms. The summed E-state index contributed by atoms with van der Waals surface area (Å²) in [5.74, 6) is -1.90. The third kappa shape index (κ3) is 1.61. The van der Waals surface area contributed by atoms with Gasteiger partial charge in [-0.1, -0.05) is 11.8 Å². The molecule has 0 bridgehead atoms. The molecule has 0 aromatic heterocycles. The number of amides is 1. The van der Waals surface area contributed by atoms with Crippen molar-refractivity contribution in [2.75, 3.05) is 0 Å². The van der Waals surface area contributed by atoms with Crippen molar-refractivity contribution in [3.05, 3.63) is 0 Å². The second-order valence-corrected chi connectivity index (χ2v) is 5.27. The monoisotopic (exact) mass is 269 g/mol. The van der Waals surface area contributed by atoms with Crippen LogP contribution >= 0.6 is 11.8 Å². The van der Waals surface area contributed by atoms with Crippen LogP contribution in [0.4, 0.5) is 13.2 Å². The first-order valence-electron chi connectivity index (χ1n) is 4.88. The standard InChI is InChI=1S/C9H10F3NO3S/c1-3(14)16-9(2)7(11)13-5(15)4(10)6(13)17-8(9)12/h4,6-8H,1-2H3/t4?,6-,7?,8?,9?/m1/s1. The third-order valence-corrected chi connectivity index (χ3v) is 4.26. The number of thioether (sulfide) groups is 1. The molecule has 0 aromatic rings. The highest BCUT2D eigenvalue weighted by Gasteiger charge is 2.65. The van der Waals surface area contributed by atoms with E-state index in [0.717, 1.165) is 13.8 Å². The van der Waals surface area contributed by atoms with Crippen molar-refractivity contribution in [2.45, 2.75) is 42.8 Å². The Labute approximate surface area is 99.5 Å². The first-order valence-corrected chi connectivity index (χ1v) is 5.82. The van der Waals surface area contributed by atoms with E-state index in [1.165, 1.54) is 0 Å². The number of hydrogen-bond donors (Lipinski definition) is 0. The summed E-state index contributed by atoms with van der Waals surface area (Å²) in [4.78, 5) is 22.5. The van der Waals surface area contributed by atoms with Crippen LogP contribution < -0.4 is 0 Å². The van der Waals surface area contributed by atoms with Crippen molar-refractivity contribution in [3.63, 3.8) is 0 Å². The number of hydrogen-bond acceptors (Lipinski definition) is 4. The molecule has 4 nitrogen and oxygen atoms in total. The molecule has 5 atom stereocenters. The quantitative estimate of drug-likeness (QED) is 0.407. The summed E-state index contributed by atoms with van der Waals surface area (Å²) in [5.41, 5.74) is -4.02. The van der Waals surface area contributed by atoms with Crippen LogP contribution in [0.3, 0.4) is 0 Å². The number of halogens is 3. The van der Waals surface area contributed by atoms with Gasteiger partial charge in [0.2, 0.25) is 12.5 Å². The fourth-order valence-corrected chi connectivity index (χ4v) is 3.14. The number of carbonyl (C=O) groups excluding carboxylic acids is 2. The van der Waals surface area contributed by atoms with Crippen LogP contribution in [0.2, 0.25) is 0 Å². The average Bonchev–Trinajstić information content (AvgIpc) is 2.24. The molecule has 2 fully saturated rings. The average molecular weight is 269 g/mol. The summed E-state index contributed by atoms with van der Waals surface area (Å²) in [6.07, 6.45) is -4.06. The minimum Gasteiger partial charge on any atom is -0.450 e. The van der Waals surface area contributed by atoms with E-state index in [2.05, 4.69) is 4.74 Å². The molecule has 2 rings (SSSR count). The molecule has 2 heterocycles. The molecular weight excluding hydrogens is 259 g/mol. The first kappa shape index (κ1) is 12.5. The summed E-state index contributed by atoms with van der Waals surface area (Å²) in [6, 6.07) is 0. The Balaban J connectivity index is 2.25. The van der Waals surface area contributed by atoms with E-state index in [0.29, 0.717) is 16.7 Å². The van der Waals surface area contributed by atoms with Gasteiger partial charge in [0.25, 0.3) is 5.91 Å². The van der Waals surface area contributed by atoms with Gasteiger partial charge in [-0.25, -0.2) is 13.2 Å². The maximum absolute atomic E-state index is 14.0.